The lowest BCUT2D eigenvalue weighted by atomic mass is 10.0. The van der Waals surface area contributed by atoms with Crippen molar-refractivity contribution < 1.29 is 4.79 Å². The molecule has 1 atom stereocenters. The molecule has 1 aliphatic rings. The molecule has 2 heterocycles. The summed E-state index contributed by atoms with van der Waals surface area (Å²) in [5.74, 6) is 0.00547. The van der Waals surface area contributed by atoms with E-state index < -0.39 is 0 Å². The second-order valence-electron chi connectivity index (χ2n) is 5.27. The molecule has 104 valence electrons. The van der Waals surface area contributed by atoms with Crippen LogP contribution in [0.5, 0.6) is 0 Å². The van der Waals surface area contributed by atoms with Crippen LogP contribution in [0.4, 0.5) is 0 Å². The van der Waals surface area contributed by atoms with Gasteiger partial charge in [-0.1, -0.05) is 24.3 Å². The van der Waals surface area contributed by atoms with E-state index in [2.05, 4.69) is 4.98 Å². The number of para-hydroxylation sites is 1. The molecule has 1 aromatic carbocycles. The zero-order valence-electron chi connectivity index (χ0n) is 11.5. The van der Waals surface area contributed by atoms with Gasteiger partial charge in [-0.25, -0.2) is 4.98 Å². The summed E-state index contributed by atoms with van der Waals surface area (Å²) in [6.07, 6.45) is 3.20. The van der Waals surface area contributed by atoms with Crippen LogP contribution < -0.4 is 5.73 Å². The van der Waals surface area contributed by atoms with Crippen molar-refractivity contribution in [2.75, 3.05) is 13.1 Å². The number of nitrogens with two attached hydrogens (primary N) is 1. The molecule has 1 saturated heterocycles. The van der Waals surface area contributed by atoms with Crippen molar-refractivity contribution in [3.8, 4) is 0 Å². The largest absolute Gasteiger partial charge is 0.333 e. The molecular formula is C16H19N3O. The van der Waals surface area contributed by atoms with Gasteiger partial charge >= 0.3 is 0 Å². The summed E-state index contributed by atoms with van der Waals surface area (Å²) >= 11 is 0. The number of likely N-dealkylation sites (tertiary alicyclic amines) is 1. The Balaban J connectivity index is 1.91. The minimum absolute atomic E-state index is 0.00547. The van der Waals surface area contributed by atoms with Gasteiger partial charge in [-0.3, -0.25) is 4.79 Å². The average molecular weight is 269 g/mol. The van der Waals surface area contributed by atoms with Crippen LogP contribution >= 0.6 is 0 Å². The van der Waals surface area contributed by atoms with E-state index in [-0.39, 0.29) is 11.9 Å². The molecular weight excluding hydrogens is 250 g/mol. The molecule has 2 N–H and O–H groups in total. The molecule has 2 aromatic rings. The van der Waals surface area contributed by atoms with Crippen molar-refractivity contribution in [3.63, 3.8) is 0 Å². The molecule has 0 radical (unpaired) electrons. The lowest BCUT2D eigenvalue weighted by Gasteiger charge is -2.34. The Bertz CT molecular complexity index is 626. The van der Waals surface area contributed by atoms with Crippen LogP contribution in [-0.2, 0) is 0 Å². The number of carbonyl (C=O) groups is 1. The molecule has 0 spiro atoms. The highest BCUT2D eigenvalue weighted by Gasteiger charge is 2.27. The standard InChI is InChI=1S/C16H19N3O/c17-11-13-6-3-4-10-19(13)16(20)15-9-8-12-5-1-2-7-14(12)18-15/h1-2,5,7-9,13H,3-4,6,10-11,17H2. The molecule has 1 amide bonds. The summed E-state index contributed by atoms with van der Waals surface area (Å²) in [4.78, 5) is 19.0. The van der Waals surface area contributed by atoms with E-state index in [0.717, 1.165) is 36.7 Å². The normalized spacial score (nSPS) is 19.2. The highest BCUT2D eigenvalue weighted by molar-refractivity contribution is 5.95. The minimum atomic E-state index is 0.00547. The molecule has 0 bridgehead atoms. The molecule has 1 aliphatic heterocycles. The maximum absolute atomic E-state index is 12.6. The van der Waals surface area contributed by atoms with E-state index >= 15 is 0 Å². The number of nitrogens with zero attached hydrogens (tertiary/aromatic N) is 2. The van der Waals surface area contributed by atoms with Gasteiger partial charge in [-0.2, -0.15) is 0 Å². The molecule has 1 fully saturated rings. The van der Waals surface area contributed by atoms with Crippen LogP contribution in [-0.4, -0.2) is 34.9 Å². The van der Waals surface area contributed by atoms with Gasteiger partial charge < -0.3 is 10.6 Å². The third kappa shape index (κ3) is 2.39. The van der Waals surface area contributed by atoms with Crippen LogP contribution in [0.25, 0.3) is 10.9 Å². The Kier molecular flexibility index (Phi) is 3.65. The summed E-state index contributed by atoms with van der Waals surface area (Å²) in [5, 5.41) is 1.05. The monoisotopic (exact) mass is 269 g/mol. The van der Waals surface area contributed by atoms with Crippen molar-refractivity contribution >= 4 is 16.8 Å². The fourth-order valence-electron chi connectivity index (χ4n) is 2.85. The van der Waals surface area contributed by atoms with E-state index in [1.165, 1.54) is 0 Å². The van der Waals surface area contributed by atoms with Crippen LogP contribution in [0.15, 0.2) is 36.4 Å². The number of pyridine rings is 1. The summed E-state index contributed by atoms with van der Waals surface area (Å²) in [6, 6.07) is 11.8. The van der Waals surface area contributed by atoms with Crippen LogP contribution in [0, 0.1) is 0 Å². The highest BCUT2D eigenvalue weighted by atomic mass is 16.2. The zero-order chi connectivity index (χ0) is 13.9. The smallest absolute Gasteiger partial charge is 0.272 e. The molecule has 4 nitrogen and oxygen atoms in total. The van der Waals surface area contributed by atoms with E-state index in [1.807, 2.05) is 41.3 Å². The van der Waals surface area contributed by atoms with Crippen LogP contribution in [0.2, 0.25) is 0 Å². The summed E-state index contributed by atoms with van der Waals surface area (Å²) in [5.41, 5.74) is 7.16. The molecule has 3 rings (SSSR count). The number of piperidine rings is 1. The number of hydrogen-bond donors (Lipinski definition) is 1. The number of fused-ring (bicyclic) bond motifs is 1. The third-order valence-corrected chi connectivity index (χ3v) is 3.98. The van der Waals surface area contributed by atoms with E-state index in [0.29, 0.717) is 12.2 Å². The predicted molar refractivity (Wildman–Crippen MR) is 79.5 cm³/mol. The van der Waals surface area contributed by atoms with E-state index in [4.69, 9.17) is 5.73 Å². The van der Waals surface area contributed by atoms with Crippen molar-refractivity contribution in [2.45, 2.75) is 25.3 Å². The molecule has 1 unspecified atom stereocenters. The number of aromatic nitrogens is 1. The molecule has 1 aromatic heterocycles. The Hall–Kier alpha value is -1.94. The van der Waals surface area contributed by atoms with E-state index in [1.54, 1.807) is 0 Å². The average Bonchev–Trinajstić information content (AvgIpc) is 2.53. The quantitative estimate of drug-likeness (QED) is 0.909. The first kappa shape index (κ1) is 13.1. The van der Waals surface area contributed by atoms with Gasteiger partial charge in [0.1, 0.15) is 5.69 Å². The van der Waals surface area contributed by atoms with Crippen molar-refractivity contribution in [2.24, 2.45) is 5.73 Å². The summed E-state index contributed by atoms with van der Waals surface area (Å²) in [6.45, 7) is 1.31. The van der Waals surface area contributed by atoms with Gasteiger partial charge in [0.2, 0.25) is 0 Å². The summed E-state index contributed by atoms with van der Waals surface area (Å²) in [7, 11) is 0. The number of amides is 1. The fraction of sp³-hybridized carbons (Fsp3) is 0.375. The first-order valence-corrected chi connectivity index (χ1v) is 7.16. The predicted octanol–water partition coefficient (Wildman–Crippen LogP) is 2.19. The Morgan fingerprint density at radius 3 is 2.95 bits per heavy atom. The number of carbonyl (C=O) groups excluding carboxylic acids is 1. The highest BCUT2D eigenvalue weighted by Crippen LogP contribution is 2.19. The van der Waals surface area contributed by atoms with Gasteiger partial charge in [-0.15, -0.1) is 0 Å². The first-order chi connectivity index (χ1) is 9.79. The van der Waals surface area contributed by atoms with Gasteiger partial charge in [0.15, 0.2) is 0 Å². The molecule has 20 heavy (non-hydrogen) atoms. The van der Waals surface area contributed by atoms with Gasteiger partial charge in [0.25, 0.3) is 5.91 Å². The van der Waals surface area contributed by atoms with Crippen LogP contribution in [0.1, 0.15) is 29.8 Å². The fourth-order valence-corrected chi connectivity index (χ4v) is 2.85. The van der Waals surface area contributed by atoms with Crippen molar-refractivity contribution in [1.82, 2.24) is 9.88 Å². The van der Waals surface area contributed by atoms with Crippen LogP contribution in [0.3, 0.4) is 0 Å². The first-order valence-electron chi connectivity index (χ1n) is 7.16. The van der Waals surface area contributed by atoms with E-state index in [9.17, 15) is 4.79 Å². The maximum Gasteiger partial charge on any atom is 0.272 e. The van der Waals surface area contributed by atoms with Crippen molar-refractivity contribution in [3.05, 3.63) is 42.1 Å². The molecule has 0 saturated carbocycles. The van der Waals surface area contributed by atoms with Crippen molar-refractivity contribution in [1.29, 1.82) is 0 Å². The molecule has 0 aliphatic carbocycles. The lowest BCUT2D eigenvalue weighted by Crippen LogP contribution is -2.47. The van der Waals surface area contributed by atoms with Gasteiger partial charge in [0, 0.05) is 24.5 Å². The zero-order valence-corrected chi connectivity index (χ0v) is 11.5. The molecule has 4 heteroatoms. The SMILES string of the molecule is NCC1CCCCN1C(=O)c1ccc2ccccc2n1. The number of hydrogen-bond acceptors (Lipinski definition) is 3. The third-order valence-electron chi connectivity index (χ3n) is 3.98. The second kappa shape index (κ2) is 5.59. The maximum atomic E-state index is 12.6. The van der Waals surface area contributed by atoms with Gasteiger partial charge in [-0.05, 0) is 31.4 Å². The van der Waals surface area contributed by atoms with Gasteiger partial charge in [0.05, 0.1) is 5.52 Å². The lowest BCUT2D eigenvalue weighted by molar-refractivity contribution is 0.0617. The number of benzene rings is 1. The Morgan fingerprint density at radius 1 is 1.25 bits per heavy atom. The Morgan fingerprint density at radius 2 is 2.10 bits per heavy atom. The number of rotatable bonds is 2. The topological polar surface area (TPSA) is 59.2 Å². The minimum Gasteiger partial charge on any atom is -0.333 e. The second-order valence-corrected chi connectivity index (χ2v) is 5.27. The summed E-state index contributed by atoms with van der Waals surface area (Å²) < 4.78 is 0. The Labute approximate surface area is 118 Å².